The number of piperidine rings is 1. The Morgan fingerprint density at radius 3 is 2.85 bits per heavy atom. The highest BCUT2D eigenvalue weighted by Crippen LogP contribution is 2.69. The van der Waals surface area contributed by atoms with Crippen LogP contribution in [-0.2, 0) is 4.74 Å². The minimum atomic E-state index is -0.826. The second kappa shape index (κ2) is 5.06. The molecule has 4 aliphatic carbocycles. The van der Waals surface area contributed by atoms with E-state index in [2.05, 4.69) is 11.0 Å². The maximum atomic E-state index is 12.1. The minimum Gasteiger partial charge on any atom is -0.504 e. The molecule has 0 radical (unpaired) electrons. The van der Waals surface area contributed by atoms with E-state index in [1.807, 2.05) is 0 Å². The smallest absolute Gasteiger partial charge is 0.153 e. The number of nitrogens with zero attached hydrogens (tertiary/aromatic N) is 1. The Labute approximate surface area is 154 Å². The van der Waals surface area contributed by atoms with Gasteiger partial charge >= 0.3 is 0 Å². The van der Waals surface area contributed by atoms with Crippen LogP contribution < -0.4 is 0 Å². The summed E-state index contributed by atoms with van der Waals surface area (Å²) in [7, 11) is 0. The van der Waals surface area contributed by atoms with Crippen LogP contribution in [-0.4, -0.2) is 57.2 Å². The molecule has 2 aliphatic heterocycles. The summed E-state index contributed by atoms with van der Waals surface area (Å²) in [6.07, 6.45) is 9.93. The maximum absolute atomic E-state index is 12.1. The van der Waals surface area contributed by atoms with Crippen LogP contribution in [0.4, 0.5) is 0 Å². The molecule has 1 spiro atoms. The molecular formula is C21H29NO4. The summed E-state index contributed by atoms with van der Waals surface area (Å²) in [5, 5.41) is 33.3. The van der Waals surface area contributed by atoms with Crippen molar-refractivity contribution in [3.63, 3.8) is 0 Å². The molecule has 2 heterocycles. The molecule has 5 nitrogen and oxygen atoms in total. The second-order valence-corrected chi connectivity index (χ2v) is 9.65. The second-order valence-electron chi connectivity index (χ2n) is 9.65. The molecule has 26 heavy (non-hydrogen) atoms. The number of hydrogen-bond acceptors (Lipinski definition) is 5. The fraction of sp³-hybridized carbons (Fsp3) is 0.810. The molecule has 5 fully saturated rings. The van der Waals surface area contributed by atoms with Gasteiger partial charge in [-0.05, 0) is 63.0 Å². The molecule has 7 atom stereocenters. The SMILES string of the molecule is OC1=C2OC3C(O)CCC4(O)C5CC(C=C1)C2[C@]34CCN5CC1CCC1. The van der Waals surface area contributed by atoms with E-state index in [0.717, 1.165) is 31.8 Å². The van der Waals surface area contributed by atoms with Gasteiger partial charge in [-0.25, -0.2) is 0 Å². The molecular weight excluding hydrogens is 330 g/mol. The first-order valence-electron chi connectivity index (χ1n) is 10.5. The minimum absolute atomic E-state index is 0.0135. The summed E-state index contributed by atoms with van der Waals surface area (Å²) in [6, 6.07) is 0.140. The van der Waals surface area contributed by atoms with Crippen LogP contribution >= 0.6 is 0 Å². The van der Waals surface area contributed by atoms with Gasteiger partial charge in [0, 0.05) is 18.5 Å². The van der Waals surface area contributed by atoms with Crippen molar-refractivity contribution >= 4 is 0 Å². The van der Waals surface area contributed by atoms with Gasteiger partial charge in [0.1, 0.15) is 11.9 Å². The van der Waals surface area contributed by atoms with E-state index < -0.39 is 17.1 Å². The van der Waals surface area contributed by atoms with E-state index in [4.69, 9.17) is 4.74 Å². The van der Waals surface area contributed by atoms with Crippen molar-refractivity contribution in [3.8, 4) is 0 Å². The Morgan fingerprint density at radius 2 is 2.08 bits per heavy atom. The van der Waals surface area contributed by atoms with Crippen LogP contribution in [0, 0.1) is 23.2 Å². The van der Waals surface area contributed by atoms with E-state index in [0.29, 0.717) is 18.6 Å². The van der Waals surface area contributed by atoms with E-state index in [1.54, 1.807) is 6.08 Å². The molecule has 3 saturated carbocycles. The Balaban J connectivity index is 1.46. The summed E-state index contributed by atoms with van der Waals surface area (Å²) in [4.78, 5) is 2.56. The van der Waals surface area contributed by atoms with Gasteiger partial charge in [0.05, 0.1) is 17.1 Å². The van der Waals surface area contributed by atoms with E-state index in [9.17, 15) is 15.3 Å². The largest absolute Gasteiger partial charge is 0.504 e. The number of rotatable bonds is 2. The quantitative estimate of drug-likeness (QED) is 0.704. The van der Waals surface area contributed by atoms with E-state index in [-0.39, 0.29) is 29.7 Å². The Hall–Kier alpha value is -1.04. The Kier molecular flexibility index (Phi) is 3.11. The average Bonchev–Trinajstić information content (AvgIpc) is 2.93. The van der Waals surface area contributed by atoms with Crippen LogP contribution in [0.5, 0.6) is 0 Å². The lowest BCUT2D eigenvalue weighted by Gasteiger charge is -2.67. The first-order chi connectivity index (χ1) is 12.5. The molecule has 6 unspecified atom stereocenters. The van der Waals surface area contributed by atoms with Crippen LogP contribution in [0.15, 0.2) is 23.7 Å². The third-order valence-corrected chi connectivity index (χ3v) is 8.78. The van der Waals surface area contributed by atoms with Gasteiger partial charge in [-0.2, -0.15) is 0 Å². The predicted molar refractivity (Wildman–Crippen MR) is 95.2 cm³/mol. The Bertz CT molecular complexity index is 700. The molecule has 6 rings (SSSR count). The van der Waals surface area contributed by atoms with Crippen LogP contribution in [0.3, 0.4) is 0 Å². The lowest BCUT2D eigenvalue weighted by Crippen LogP contribution is -2.77. The van der Waals surface area contributed by atoms with Gasteiger partial charge in [0.25, 0.3) is 0 Å². The first-order valence-corrected chi connectivity index (χ1v) is 10.5. The van der Waals surface area contributed by atoms with Gasteiger partial charge < -0.3 is 20.1 Å². The Morgan fingerprint density at radius 1 is 1.23 bits per heavy atom. The van der Waals surface area contributed by atoms with Gasteiger partial charge in [0.2, 0.25) is 0 Å². The van der Waals surface area contributed by atoms with Crippen molar-refractivity contribution in [2.75, 3.05) is 13.1 Å². The van der Waals surface area contributed by atoms with Crippen molar-refractivity contribution < 1.29 is 20.1 Å². The van der Waals surface area contributed by atoms with Crippen LogP contribution in [0.2, 0.25) is 0 Å². The fourth-order valence-electron chi connectivity index (χ4n) is 7.44. The molecule has 0 aromatic rings. The van der Waals surface area contributed by atoms with Gasteiger partial charge in [0.15, 0.2) is 5.76 Å². The summed E-state index contributed by atoms with van der Waals surface area (Å²) in [6.45, 7) is 2.07. The summed E-state index contributed by atoms with van der Waals surface area (Å²) >= 11 is 0. The summed E-state index contributed by atoms with van der Waals surface area (Å²) in [5.41, 5.74) is -1.28. The lowest BCUT2D eigenvalue weighted by molar-refractivity contribution is -0.268. The first kappa shape index (κ1) is 16.0. The molecule has 142 valence electrons. The third-order valence-electron chi connectivity index (χ3n) is 8.78. The van der Waals surface area contributed by atoms with Crippen molar-refractivity contribution in [1.82, 2.24) is 4.90 Å². The van der Waals surface area contributed by atoms with Crippen molar-refractivity contribution in [3.05, 3.63) is 23.7 Å². The third kappa shape index (κ3) is 1.69. The summed E-state index contributed by atoms with van der Waals surface area (Å²) in [5.74, 6) is 1.91. The summed E-state index contributed by atoms with van der Waals surface area (Å²) < 4.78 is 6.21. The van der Waals surface area contributed by atoms with Crippen molar-refractivity contribution in [1.29, 1.82) is 0 Å². The monoisotopic (exact) mass is 359 g/mol. The topological polar surface area (TPSA) is 73.2 Å². The number of ether oxygens (including phenoxy) is 1. The maximum Gasteiger partial charge on any atom is 0.153 e. The zero-order chi connectivity index (χ0) is 17.7. The molecule has 2 saturated heterocycles. The van der Waals surface area contributed by atoms with E-state index in [1.165, 1.54) is 19.3 Å². The molecule has 2 bridgehead atoms. The highest BCUT2D eigenvalue weighted by atomic mass is 16.5. The molecule has 0 aromatic carbocycles. The van der Waals surface area contributed by atoms with Crippen LogP contribution in [0.25, 0.3) is 0 Å². The number of allylic oxidation sites excluding steroid dienone is 3. The van der Waals surface area contributed by atoms with Crippen molar-refractivity contribution in [2.24, 2.45) is 23.2 Å². The molecule has 5 heteroatoms. The molecule has 6 aliphatic rings. The molecule has 0 amide bonds. The number of likely N-dealkylation sites (tertiary alicyclic amines) is 1. The highest BCUT2D eigenvalue weighted by molar-refractivity contribution is 5.38. The zero-order valence-electron chi connectivity index (χ0n) is 15.2. The predicted octanol–water partition coefficient (Wildman–Crippen LogP) is 2.11. The standard InChI is InChI=1S/C21H29NO4/c23-14-5-4-13-10-16-21(25)7-6-15(24)19-20(21,17(13)18(14)26-19)8-9-22(16)11-12-2-1-3-12/h4-5,12-13,15-17,19,23-25H,1-3,6-11H2/t13?,15?,16?,17?,19?,20-,21?/m1/s1. The van der Waals surface area contributed by atoms with E-state index >= 15 is 0 Å². The number of aliphatic hydroxyl groups excluding tert-OH is 2. The molecule has 3 N–H and O–H groups in total. The number of aliphatic hydroxyl groups is 3. The van der Waals surface area contributed by atoms with Crippen LogP contribution in [0.1, 0.15) is 44.9 Å². The van der Waals surface area contributed by atoms with Gasteiger partial charge in [-0.3, -0.25) is 4.90 Å². The normalized spacial score (nSPS) is 52.5. The van der Waals surface area contributed by atoms with Crippen molar-refractivity contribution in [2.45, 2.75) is 68.8 Å². The average molecular weight is 359 g/mol. The van der Waals surface area contributed by atoms with Gasteiger partial charge in [-0.15, -0.1) is 0 Å². The zero-order valence-corrected chi connectivity index (χ0v) is 15.2. The fourth-order valence-corrected chi connectivity index (χ4v) is 7.44. The lowest BCUT2D eigenvalue weighted by atomic mass is 9.44. The molecule has 0 aromatic heterocycles. The van der Waals surface area contributed by atoms with Gasteiger partial charge in [-0.1, -0.05) is 12.5 Å². The number of hydrogen-bond donors (Lipinski definition) is 3. The highest BCUT2D eigenvalue weighted by Gasteiger charge is 2.76.